The van der Waals surface area contributed by atoms with E-state index in [1.807, 2.05) is 0 Å². The molecule has 0 fully saturated rings. The summed E-state index contributed by atoms with van der Waals surface area (Å²) in [6.07, 6.45) is 2.24. The van der Waals surface area contributed by atoms with Gasteiger partial charge in [0.25, 0.3) is 0 Å². The SMILES string of the molecule is NCCCNCCNCCC[NH3+].O=C([O-])c1cc(Cl)c(Cl)s1. The number of hydrogen-bond acceptors (Lipinski definition) is 6. The molecule has 0 amide bonds. The van der Waals surface area contributed by atoms with Crippen molar-refractivity contribution in [1.29, 1.82) is 0 Å². The minimum absolute atomic E-state index is 0.0509. The third-order valence-corrected chi connectivity index (χ3v) is 4.33. The lowest BCUT2D eigenvalue weighted by Crippen LogP contribution is -2.51. The highest BCUT2D eigenvalue weighted by atomic mass is 35.5. The fourth-order valence-electron chi connectivity index (χ4n) is 1.35. The molecule has 128 valence electrons. The number of aromatic carboxylic acids is 1. The molecule has 0 saturated carbocycles. The van der Waals surface area contributed by atoms with Crippen LogP contribution in [0, 0.1) is 0 Å². The van der Waals surface area contributed by atoms with Crippen LogP contribution in [0.5, 0.6) is 0 Å². The molecule has 22 heavy (non-hydrogen) atoms. The van der Waals surface area contributed by atoms with Gasteiger partial charge in [0.1, 0.15) is 4.34 Å². The molecule has 9 heteroatoms. The van der Waals surface area contributed by atoms with Crippen LogP contribution in [-0.4, -0.2) is 45.2 Å². The van der Waals surface area contributed by atoms with E-state index in [0.29, 0.717) is 0 Å². The maximum absolute atomic E-state index is 10.1. The highest BCUT2D eigenvalue weighted by Crippen LogP contribution is 2.30. The second kappa shape index (κ2) is 14.2. The zero-order chi connectivity index (χ0) is 16.8. The number of nitrogens with one attached hydrogen (secondary N) is 2. The third kappa shape index (κ3) is 11.2. The first-order valence-electron chi connectivity index (χ1n) is 7.09. The number of quaternary nitrogens is 1. The molecule has 1 aromatic rings. The summed E-state index contributed by atoms with van der Waals surface area (Å²) >= 11 is 11.8. The second-order valence-corrected chi connectivity index (χ2v) is 6.43. The van der Waals surface area contributed by atoms with E-state index in [9.17, 15) is 9.90 Å². The summed E-state index contributed by atoms with van der Waals surface area (Å²) in [4.78, 5) is 10.2. The van der Waals surface area contributed by atoms with Gasteiger partial charge in [0, 0.05) is 26.1 Å². The number of hydrogen-bond donors (Lipinski definition) is 4. The molecule has 0 aliphatic heterocycles. The molecule has 0 spiro atoms. The standard InChI is InChI=1S/C8H22N4.C5H2Cl2O2S/c9-3-1-5-11-7-8-12-6-2-4-10;6-2-1-3(5(8)9)10-4(2)7/h11-12H,1-10H2;1H,(H,8,9). The Morgan fingerprint density at radius 1 is 1.23 bits per heavy atom. The van der Waals surface area contributed by atoms with Crippen molar-refractivity contribution in [1.82, 2.24) is 10.6 Å². The Morgan fingerprint density at radius 3 is 2.18 bits per heavy atom. The summed E-state index contributed by atoms with van der Waals surface area (Å²) in [5.41, 5.74) is 9.12. The molecule has 0 aliphatic rings. The average Bonchev–Trinajstić information content (AvgIpc) is 2.83. The zero-order valence-electron chi connectivity index (χ0n) is 12.5. The second-order valence-electron chi connectivity index (χ2n) is 4.37. The van der Waals surface area contributed by atoms with Crippen LogP contribution in [0.3, 0.4) is 0 Å². The van der Waals surface area contributed by atoms with E-state index in [1.54, 1.807) is 0 Å². The predicted octanol–water partition coefficient (Wildman–Crippen LogP) is -0.435. The van der Waals surface area contributed by atoms with E-state index < -0.39 is 5.97 Å². The molecule has 1 heterocycles. The Bertz CT molecular complexity index is 389. The van der Waals surface area contributed by atoms with Gasteiger partial charge in [0.05, 0.1) is 22.4 Å². The first-order chi connectivity index (χ1) is 10.5. The molecule has 0 unspecified atom stereocenters. The lowest BCUT2D eigenvalue weighted by Gasteiger charge is -2.04. The minimum atomic E-state index is -1.25. The maximum atomic E-state index is 10.1. The number of carboxylic acid groups (broad SMARTS) is 1. The Morgan fingerprint density at radius 2 is 1.82 bits per heavy atom. The van der Waals surface area contributed by atoms with Gasteiger partial charge < -0.3 is 32.0 Å². The Hall–Kier alpha value is -0.410. The molecule has 7 N–H and O–H groups in total. The number of thiophene rings is 1. The van der Waals surface area contributed by atoms with E-state index in [1.165, 1.54) is 12.5 Å². The lowest BCUT2D eigenvalue weighted by molar-refractivity contribution is -0.367. The first-order valence-corrected chi connectivity index (χ1v) is 8.67. The van der Waals surface area contributed by atoms with Gasteiger partial charge in [-0.1, -0.05) is 23.2 Å². The van der Waals surface area contributed by atoms with Crippen molar-refractivity contribution in [3.63, 3.8) is 0 Å². The van der Waals surface area contributed by atoms with Crippen molar-refractivity contribution in [2.24, 2.45) is 5.73 Å². The number of carbonyl (C=O) groups excluding carboxylic acids is 1. The molecule has 1 rings (SSSR count). The summed E-state index contributed by atoms with van der Waals surface area (Å²) in [7, 11) is 0. The van der Waals surface area contributed by atoms with Crippen LogP contribution in [0.1, 0.15) is 22.5 Å². The molecule has 1 aromatic heterocycles. The molecule has 6 nitrogen and oxygen atoms in total. The van der Waals surface area contributed by atoms with Crippen molar-refractivity contribution in [2.45, 2.75) is 12.8 Å². The van der Waals surface area contributed by atoms with E-state index in [4.69, 9.17) is 28.9 Å². The van der Waals surface area contributed by atoms with Gasteiger partial charge in [0.2, 0.25) is 0 Å². The fourth-order valence-corrected chi connectivity index (χ4v) is 2.55. The smallest absolute Gasteiger partial charge is 0.112 e. The molecule has 0 bridgehead atoms. The van der Waals surface area contributed by atoms with E-state index in [2.05, 4.69) is 16.4 Å². The van der Waals surface area contributed by atoms with Crippen molar-refractivity contribution >= 4 is 40.5 Å². The molecular formula is C13H24Cl2N4O2S. The normalized spacial score (nSPS) is 10.2. The first kappa shape index (κ1) is 21.6. The van der Waals surface area contributed by atoms with E-state index in [0.717, 1.165) is 57.0 Å². The number of halogens is 2. The van der Waals surface area contributed by atoms with E-state index in [-0.39, 0.29) is 14.2 Å². The van der Waals surface area contributed by atoms with Crippen molar-refractivity contribution in [2.75, 3.05) is 39.3 Å². The van der Waals surface area contributed by atoms with Crippen LogP contribution in [0.2, 0.25) is 9.36 Å². The van der Waals surface area contributed by atoms with Crippen molar-refractivity contribution in [3.8, 4) is 0 Å². The monoisotopic (exact) mass is 370 g/mol. The Balaban J connectivity index is 0.000000406. The van der Waals surface area contributed by atoms with Crippen LogP contribution in [0.25, 0.3) is 0 Å². The quantitative estimate of drug-likeness (QED) is 0.416. The van der Waals surface area contributed by atoms with Gasteiger partial charge in [-0.2, -0.15) is 0 Å². The van der Waals surface area contributed by atoms with Gasteiger partial charge in [-0.05, 0) is 25.6 Å². The number of carbonyl (C=O) groups is 1. The van der Waals surface area contributed by atoms with Crippen LogP contribution >= 0.6 is 34.5 Å². The van der Waals surface area contributed by atoms with Crippen LogP contribution < -0.4 is 27.2 Å². The molecular weight excluding hydrogens is 347 g/mol. The summed E-state index contributed by atoms with van der Waals surface area (Å²) < 4.78 is 0.279. The molecule has 0 atom stereocenters. The van der Waals surface area contributed by atoms with Gasteiger partial charge in [-0.3, -0.25) is 0 Å². The highest BCUT2D eigenvalue weighted by molar-refractivity contribution is 7.18. The van der Waals surface area contributed by atoms with Gasteiger partial charge in [-0.15, -0.1) is 11.3 Å². The maximum Gasteiger partial charge on any atom is 0.112 e. The van der Waals surface area contributed by atoms with Gasteiger partial charge in [0.15, 0.2) is 0 Å². The third-order valence-electron chi connectivity index (χ3n) is 2.49. The predicted molar refractivity (Wildman–Crippen MR) is 90.5 cm³/mol. The van der Waals surface area contributed by atoms with Crippen LogP contribution in [-0.2, 0) is 0 Å². The van der Waals surface area contributed by atoms with E-state index >= 15 is 0 Å². The van der Waals surface area contributed by atoms with Crippen molar-refractivity contribution in [3.05, 3.63) is 20.3 Å². The van der Waals surface area contributed by atoms with Gasteiger partial charge in [-0.25, -0.2) is 0 Å². The Labute approximate surface area is 145 Å². The molecule has 0 radical (unpaired) electrons. The molecule has 0 aliphatic carbocycles. The zero-order valence-corrected chi connectivity index (χ0v) is 14.8. The molecule has 0 saturated heterocycles. The number of carboxylic acids is 1. The highest BCUT2D eigenvalue weighted by Gasteiger charge is 2.04. The number of rotatable bonds is 10. The van der Waals surface area contributed by atoms with Crippen LogP contribution in [0.15, 0.2) is 6.07 Å². The minimum Gasteiger partial charge on any atom is -0.544 e. The summed E-state index contributed by atoms with van der Waals surface area (Å²) in [5.74, 6) is -1.25. The lowest BCUT2D eigenvalue weighted by atomic mass is 10.4. The number of nitrogens with two attached hydrogens (primary N) is 1. The summed E-state index contributed by atoms with van der Waals surface area (Å²) in [6, 6.07) is 1.27. The largest absolute Gasteiger partial charge is 0.544 e. The van der Waals surface area contributed by atoms with Crippen LogP contribution in [0.4, 0.5) is 0 Å². The average molecular weight is 371 g/mol. The molecule has 0 aromatic carbocycles. The topological polar surface area (TPSA) is 118 Å². The summed E-state index contributed by atoms with van der Waals surface area (Å²) in [6.45, 7) is 6.01. The van der Waals surface area contributed by atoms with Gasteiger partial charge >= 0.3 is 0 Å². The summed E-state index contributed by atoms with van der Waals surface area (Å²) in [5, 5.41) is 17.0. The van der Waals surface area contributed by atoms with Crippen molar-refractivity contribution < 1.29 is 15.6 Å². The fraction of sp³-hybridized carbons (Fsp3) is 0.615. The Kier molecular flexibility index (Phi) is 13.9.